The van der Waals surface area contributed by atoms with Gasteiger partial charge in [-0.1, -0.05) is 48.3 Å². The molecule has 126 valence electrons. The fourth-order valence-electron chi connectivity index (χ4n) is 3.02. The molecule has 0 spiro atoms. The highest BCUT2D eigenvalue weighted by Gasteiger charge is 2.25. The molecule has 1 aromatic carbocycles. The van der Waals surface area contributed by atoms with Gasteiger partial charge in [-0.05, 0) is 56.0 Å². The van der Waals surface area contributed by atoms with Gasteiger partial charge in [-0.2, -0.15) is 0 Å². The van der Waals surface area contributed by atoms with Crippen LogP contribution >= 0.6 is 27.5 Å². The highest BCUT2D eigenvalue weighted by molar-refractivity contribution is 9.10. The van der Waals surface area contributed by atoms with E-state index in [0.29, 0.717) is 11.6 Å². The lowest BCUT2D eigenvalue weighted by molar-refractivity contribution is 0.236. The van der Waals surface area contributed by atoms with Crippen LogP contribution in [0.1, 0.15) is 46.8 Å². The van der Waals surface area contributed by atoms with Crippen LogP contribution in [0.4, 0.5) is 0 Å². The smallest absolute Gasteiger partial charge is 0.135 e. The monoisotopic (exact) mass is 397 g/mol. The molecule has 1 aromatic heterocycles. The van der Waals surface area contributed by atoms with E-state index in [1.54, 1.807) is 0 Å². The van der Waals surface area contributed by atoms with Crippen molar-refractivity contribution in [2.45, 2.75) is 53.1 Å². The minimum absolute atomic E-state index is 0.0560. The van der Waals surface area contributed by atoms with Gasteiger partial charge in [-0.25, -0.2) is 0 Å². The first kappa shape index (κ1) is 18.6. The Balaban J connectivity index is 2.05. The lowest BCUT2D eigenvalue weighted by atomic mass is 9.82. The van der Waals surface area contributed by atoms with Crippen LogP contribution in [0.15, 0.2) is 39.2 Å². The molecular formula is C19H25BrClNO. The number of hydrogen-bond donors (Lipinski definition) is 1. The molecule has 0 radical (unpaired) electrons. The summed E-state index contributed by atoms with van der Waals surface area (Å²) in [6.45, 7) is 11.9. The standard InChI is InChI=1S/C19H25BrClNO/c1-18(2,3)12-19(4,5)22-11-14-7-9-17(23-14)15-8-6-13(20)10-16(15)21/h6-10,22H,11-12H2,1-5H3. The number of hydrogen-bond acceptors (Lipinski definition) is 2. The lowest BCUT2D eigenvalue weighted by Crippen LogP contribution is -2.41. The van der Waals surface area contributed by atoms with E-state index in [-0.39, 0.29) is 11.0 Å². The average Bonchev–Trinajstić information content (AvgIpc) is 2.82. The second kappa shape index (κ2) is 7.00. The Hall–Kier alpha value is -0.770. The molecule has 1 heterocycles. The molecule has 1 N–H and O–H groups in total. The molecule has 0 aliphatic heterocycles. The molecule has 0 bridgehead atoms. The van der Waals surface area contributed by atoms with Gasteiger partial charge in [-0.3, -0.25) is 0 Å². The van der Waals surface area contributed by atoms with E-state index in [0.717, 1.165) is 28.0 Å². The van der Waals surface area contributed by atoms with Crippen molar-refractivity contribution in [2.75, 3.05) is 0 Å². The predicted octanol–water partition coefficient (Wildman–Crippen LogP) is 6.67. The largest absolute Gasteiger partial charge is 0.460 e. The van der Waals surface area contributed by atoms with Crippen LogP contribution in [-0.4, -0.2) is 5.54 Å². The summed E-state index contributed by atoms with van der Waals surface area (Å²) in [5.41, 5.74) is 1.26. The molecule has 0 aliphatic carbocycles. The van der Waals surface area contributed by atoms with Crippen molar-refractivity contribution in [2.24, 2.45) is 5.41 Å². The highest BCUT2D eigenvalue weighted by Crippen LogP contribution is 2.32. The zero-order valence-electron chi connectivity index (χ0n) is 14.5. The van der Waals surface area contributed by atoms with E-state index in [4.69, 9.17) is 16.0 Å². The summed E-state index contributed by atoms with van der Waals surface area (Å²) >= 11 is 9.71. The van der Waals surface area contributed by atoms with Crippen molar-refractivity contribution >= 4 is 27.5 Å². The fraction of sp³-hybridized carbons (Fsp3) is 0.474. The molecule has 2 rings (SSSR count). The second-order valence-electron chi connectivity index (χ2n) is 7.87. The summed E-state index contributed by atoms with van der Waals surface area (Å²) < 4.78 is 6.92. The van der Waals surface area contributed by atoms with Crippen LogP contribution < -0.4 is 5.32 Å². The first-order chi connectivity index (χ1) is 10.6. The molecule has 0 fully saturated rings. The van der Waals surface area contributed by atoms with E-state index in [1.807, 2.05) is 30.3 Å². The maximum absolute atomic E-state index is 6.29. The Morgan fingerprint density at radius 3 is 2.39 bits per heavy atom. The van der Waals surface area contributed by atoms with Gasteiger partial charge in [0, 0.05) is 15.6 Å². The number of nitrogens with one attached hydrogen (secondary N) is 1. The summed E-state index contributed by atoms with van der Waals surface area (Å²) in [4.78, 5) is 0. The van der Waals surface area contributed by atoms with Crippen molar-refractivity contribution in [1.82, 2.24) is 5.32 Å². The van der Waals surface area contributed by atoms with Crippen molar-refractivity contribution in [1.29, 1.82) is 0 Å². The van der Waals surface area contributed by atoms with Gasteiger partial charge in [-0.15, -0.1) is 0 Å². The Kier molecular flexibility index (Phi) is 5.65. The number of rotatable bonds is 5. The molecule has 2 aromatic rings. The Morgan fingerprint density at radius 1 is 1.09 bits per heavy atom. The molecule has 23 heavy (non-hydrogen) atoms. The average molecular weight is 399 g/mol. The fourth-order valence-corrected chi connectivity index (χ4v) is 3.79. The summed E-state index contributed by atoms with van der Waals surface area (Å²) in [6.07, 6.45) is 1.09. The SMILES string of the molecule is CC(C)(C)CC(C)(C)NCc1ccc(-c2ccc(Br)cc2Cl)o1. The second-order valence-corrected chi connectivity index (χ2v) is 9.19. The molecule has 0 amide bonds. The van der Waals surface area contributed by atoms with Crippen LogP contribution in [0, 0.1) is 5.41 Å². The van der Waals surface area contributed by atoms with Crippen molar-refractivity contribution in [3.63, 3.8) is 0 Å². The van der Waals surface area contributed by atoms with E-state index in [9.17, 15) is 0 Å². The zero-order valence-corrected chi connectivity index (χ0v) is 16.8. The molecule has 4 heteroatoms. The van der Waals surface area contributed by atoms with Gasteiger partial charge in [0.15, 0.2) is 0 Å². The predicted molar refractivity (Wildman–Crippen MR) is 102 cm³/mol. The maximum atomic E-state index is 6.29. The van der Waals surface area contributed by atoms with Crippen molar-refractivity contribution < 1.29 is 4.42 Å². The van der Waals surface area contributed by atoms with Gasteiger partial charge in [0.05, 0.1) is 11.6 Å². The molecule has 0 saturated carbocycles. The third-order valence-corrected chi connectivity index (χ3v) is 4.38. The first-order valence-electron chi connectivity index (χ1n) is 7.85. The minimum atomic E-state index is 0.0560. The highest BCUT2D eigenvalue weighted by atomic mass is 79.9. The molecule has 0 aliphatic rings. The third kappa shape index (κ3) is 5.66. The van der Waals surface area contributed by atoms with Gasteiger partial charge in [0.25, 0.3) is 0 Å². The van der Waals surface area contributed by atoms with Crippen molar-refractivity contribution in [3.8, 4) is 11.3 Å². The summed E-state index contributed by atoms with van der Waals surface area (Å²) in [6, 6.07) is 9.79. The molecule has 0 atom stereocenters. The summed E-state index contributed by atoms with van der Waals surface area (Å²) in [5, 5.41) is 4.27. The third-order valence-electron chi connectivity index (χ3n) is 3.57. The van der Waals surface area contributed by atoms with Crippen LogP contribution in [0.5, 0.6) is 0 Å². The van der Waals surface area contributed by atoms with Crippen LogP contribution in [0.2, 0.25) is 5.02 Å². The molecule has 2 nitrogen and oxygen atoms in total. The zero-order chi connectivity index (χ0) is 17.3. The number of benzene rings is 1. The van der Waals surface area contributed by atoms with Crippen molar-refractivity contribution in [3.05, 3.63) is 45.6 Å². The van der Waals surface area contributed by atoms with E-state index in [1.165, 1.54) is 0 Å². The quantitative estimate of drug-likeness (QED) is 0.608. The Labute approximate surface area is 152 Å². The van der Waals surface area contributed by atoms with E-state index >= 15 is 0 Å². The van der Waals surface area contributed by atoms with Gasteiger partial charge in [0.1, 0.15) is 11.5 Å². The Morgan fingerprint density at radius 2 is 1.78 bits per heavy atom. The van der Waals surface area contributed by atoms with Crippen LogP contribution in [-0.2, 0) is 6.54 Å². The number of furan rings is 1. The normalized spacial score (nSPS) is 12.7. The summed E-state index contributed by atoms with van der Waals surface area (Å²) in [5.74, 6) is 1.72. The topological polar surface area (TPSA) is 25.2 Å². The van der Waals surface area contributed by atoms with Crippen LogP contribution in [0.25, 0.3) is 11.3 Å². The first-order valence-corrected chi connectivity index (χ1v) is 9.02. The summed E-state index contributed by atoms with van der Waals surface area (Å²) in [7, 11) is 0. The van der Waals surface area contributed by atoms with Gasteiger partial charge < -0.3 is 9.73 Å². The maximum Gasteiger partial charge on any atom is 0.135 e. The molecular weight excluding hydrogens is 374 g/mol. The number of halogens is 2. The van der Waals surface area contributed by atoms with Gasteiger partial charge in [0.2, 0.25) is 0 Å². The van der Waals surface area contributed by atoms with E-state index in [2.05, 4.69) is 55.9 Å². The van der Waals surface area contributed by atoms with E-state index < -0.39 is 0 Å². The Bertz CT molecular complexity index is 670. The minimum Gasteiger partial charge on any atom is -0.460 e. The molecule has 0 unspecified atom stereocenters. The lowest BCUT2D eigenvalue weighted by Gasteiger charge is -2.33. The van der Waals surface area contributed by atoms with Gasteiger partial charge >= 0.3 is 0 Å². The van der Waals surface area contributed by atoms with Crippen LogP contribution in [0.3, 0.4) is 0 Å². The molecule has 0 saturated heterocycles.